The van der Waals surface area contributed by atoms with Crippen LogP contribution in [0.2, 0.25) is 0 Å². The molecule has 0 unspecified atom stereocenters. The molecule has 22 heavy (non-hydrogen) atoms. The lowest BCUT2D eigenvalue weighted by Gasteiger charge is -2.26. The fourth-order valence-electron chi connectivity index (χ4n) is 2.63. The summed E-state index contributed by atoms with van der Waals surface area (Å²) < 4.78 is 7.30. The number of hydrogen-bond acceptors (Lipinski definition) is 6. The van der Waals surface area contributed by atoms with Crippen molar-refractivity contribution in [2.45, 2.75) is 52.7 Å². The molecule has 7 nitrogen and oxygen atoms in total. The van der Waals surface area contributed by atoms with Crippen molar-refractivity contribution in [3.05, 3.63) is 39.7 Å². The molecule has 0 atom stereocenters. The van der Waals surface area contributed by atoms with E-state index in [4.69, 9.17) is 4.42 Å². The molecular weight excluding hydrogens is 282 g/mol. The van der Waals surface area contributed by atoms with E-state index in [-0.39, 0.29) is 11.5 Å². The Morgan fingerprint density at radius 2 is 2.18 bits per heavy atom. The Morgan fingerprint density at radius 1 is 1.36 bits per heavy atom. The molecule has 1 aliphatic heterocycles. The van der Waals surface area contributed by atoms with E-state index < -0.39 is 0 Å². The minimum absolute atomic E-state index is 0.0898. The fourth-order valence-corrected chi connectivity index (χ4v) is 2.63. The van der Waals surface area contributed by atoms with Crippen LogP contribution in [0.4, 0.5) is 0 Å². The predicted molar refractivity (Wildman–Crippen MR) is 80.4 cm³/mol. The maximum absolute atomic E-state index is 12.3. The van der Waals surface area contributed by atoms with Crippen LogP contribution in [0.15, 0.2) is 15.5 Å². The van der Waals surface area contributed by atoms with Gasteiger partial charge in [-0.05, 0) is 13.3 Å². The van der Waals surface area contributed by atoms with Gasteiger partial charge in [-0.1, -0.05) is 13.8 Å². The quantitative estimate of drug-likeness (QED) is 0.848. The van der Waals surface area contributed by atoms with Gasteiger partial charge < -0.3 is 4.42 Å². The van der Waals surface area contributed by atoms with Crippen LogP contribution < -0.4 is 5.56 Å². The van der Waals surface area contributed by atoms with Crippen molar-refractivity contribution in [2.75, 3.05) is 6.54 Å². The topological polar surface area (TPSA) is 77.1 Å². The molecule has 0 amide bonds. The van der Waals surface area contributed by atoms with E-state index in [9.17, 15) is 4.79 Å². The van der Waals surface area contributed by atoms with E-state index in [1.165, 1.54) is 0 Å². The zero-order valence-electron chi connectivity index (χ0n) is 13.2. The van der Waals surface area contributed by atoms with Gasteiger partial charge >= 0.3 is 0 Å². The van der Waals surface area contributed by atoms with Crippen molar-refractivity contribution in [3.63, 3.8) is 0 Å². The maximum atomic E-state index is 12.3. The zero-order valence-corrected chi connectivity index (χ0v) is 13.2. The molecule has 2 aromatic heterocycles. The van der Waals surface area contributed by atoms with Crippen molar-refractivity contribution in [2.24, 2.45) is 0 Å². The van der Waals surface area contributed by atoms with Gasteiger partial charge in [0.25, 0.3) is 5.56 Å². The lowest BCUT2D eigenvalue weighted by molar-refractivity contribution is 0.214. The number of rotatable bonds is 4. The van der Waals surface area contributed by atoms with Crippen molar-refractivity contribution in [1.82, 2.24) is 24.6 Å². The monoisotopic (exact) mass is 303 g/mol. The van der Waals surface area contributed by atoms with Crippen molar-refractivity contribution < 1.29 is 4.42 Å². The number of nitrogens with zero attached hydrogens (tertiary/aromatic N) is 5. The molecule has 2 aromatic rings. The summed E-state index contributed by atoms with van der Waals surface area (Å²) in [5.41, 5.74) is 1.80. The van der Waals surface area contributed by atoms with Crippen LogP contribution in [0.25, 0.3) is 0 Å². The lowest BCUT2D eigenvalue weighted by Crippen LogP contribution is -2.36. The van der Waals surface area contributed by atoms with Crippen LogP contribution in [0, 0.1) is 0 Å². The molecule has 3 rings (SSSR count). The Kier molecular flexibility index (Phi) is 4.06. The second kappa shape index (κ2) is 6.00. The molecular formula is C15H21N5O2. The van der Waals surface area contributed by atoms with Gasteiger partial charge in [0.2, 0.25) is 11.8 Å². The first kappa shape index (κ1) is 14.9. The third kappa shape index (κ3) is 2.81. The minimum Gasteiger partial charge on any atom is -0.424 e. The van der Waals surface area contributed by atoms with E-state index in [1.807, 2.05) is 20.8 Å². The standard InChI is InChI=1S/C15H21N5O2/c1-4-20-9-16-12-7-19(6-5-11(12)15(20)21)8-13-17-18-14(22-13)10(2)3/h9-10H,4-8H2,1-3H3. The third-order valence-electron chi connectivity index (χ3n) is 3.95. The molecule has 1 aliphatic rings. The van der Waals surface area contributed by atoms with Crippen molar-refractivity contribution in [3.8, 4) is 0 Å². The van der Waals surface area contributed by atoms with Crippen LogP contribution in [-0.4, -0.2) is 31.2 Å². The Morgan fingerprint density at radius 3 is 2.86 bits per heavy atom. The second-order valence-corrected chi connectivity index (χ2v) is 5.91. The van der Waals surface area contributed by atoms with Gasteiger partial charge in [0, 0.05) is 31.1 Å². The molecule has 3 heterocycles. The first-order chi connectivity index (χ1) is 10.6. The molecule has 0 fully saturated rings. The number of hydrogen-bond donors (Lipinski definition) is 0. The summed E-state index contributed by atoms with van der Waals surface area (Å²) in [6, 6.07) is 0. The molecule has 0 spiro atoms. The Labute approximate surface area is 129 Å². The Hall–Kier alpha value is -2.02. The van der Waals surface area contributed by atoms with Gasteiger partial charge in [-0.2, -0.15) is 0 Å². The van der Waals surface area contributed by atoms with Gasteiger partial charge in [0.15, 0.2) is 0 Å². The number of fused-ring (bicyclic) bond motifs is 1. The lowest BCUT2D eigenvalue weighted by atomic mass is 10.1. The van der Waals surface area contributed by atoms with E-state index in [2.05, 4.69) is 20.1 Å². The molecule has 0 aromatic carbocycles. The second-order valence-electron chi connectivity index (χ2n) is 5.91. The highest BCUT2D eigenvalue weighted by atomic mass is 16.4. The van der Waals surface area contributed by atoms with Gasteiger partial charge in [-0.15, -0.1) is 10.2 Å². The maximum Gasteiger partial charge on any atom is 0.256 e. The van der Waals surface area contributed by atoms with E-state index in [0.29, 0.717) is 37.8 Å². The van der Waals surface area contributed by atoms with Crippen LogP contribution in [-0.2, 0) is 26.1 Å². The molecule has 0 radical (unpaired) electrons. The Balaban J connectivity index is 1.74. The van der Waals surface area contributed by atoms with E-state index in [0.717, 1.165) is 17.8 Å². The molecule has 0 N–H and O–H groups in total. The zero-order chi connectivity index (χ0) is 15.7. The first-order valence-corrected chi connectivity index (χ1v) is 7.70. The predicted octanol–water partition coefficient (Wildman–Crippen LogP) is 1.33. The summed E-state index contributed by atoms with van der Waals surface area (Å²) in [6.07, 6.45) is 2.35. The average Bonchev–Trinajstić information content (AvgIpc) is 2.96. The summed E-state index contributed by atoms with van der Waals surface area (Å²) >= 11 is 0. The van der Waals surface area contributed by atoms with Gasteiger partial charge in [-0.3, -0.25) is 14.3 Å². The highest BCUT2D eigenvalue weighted by molar-refractivity contribution is 5.20. The molecule has 0 bridgehead atoms. The van der Waals surface area contributed by atoms with Crippen LogP contribution in [0.5, 0.6) is 0 Å². The van der Waals surface area contributed by atoms with Crippen LogP contribution >= 0.6 is 0 Å². The fraction of sp³-hybridized carbons (Fsp3) is 0.600. The van der Waals surface area contributed by atoms with Crippen LogP contribution in [0.3, 0.4) is 0 Å². The number of aryl methyl sites for hydroxylation is 1. The summed E-state index contributed by atoms with van der Waals surface area (Å²) in [4.78, 5) is 18.9. The average molecular weight is 303 g/mol. The summed E-state index contributed by atoms with van der Waals surface area (Å²) in [7, 11) is 0. The van der Waals surface area contributed by atoms with Crippen molar-refractivity contribution in [1.29, 1.82) is 0 Å². The van der Waals surface area contributed by atoms with E-state index in [1.54, 1.807) is 10.9 Å². The molecule has 118 valence electrons. The Bertz CT molecular complexity index is 719. The summed E-state index contributed by atoms with van der Waals surface area (Å²) in [5, 5.41) is 8.14. The summed E-state index contributed by atoms with van der Waals surface area (Å²) in [6.45, 7) is 8.70. The van der Waals surface area contributed by atoms with E-state index >= 15 is 0 Å². The SMILES string of the molecule is CCn1cnc2c(c1=O)CCN(Cc1nnc(C(C)C)o1)C2. The van der Waals surface area contributed by atoms with Crippen molar-refractivity contribution >= 4 is 0 Å². The largest absolute Gasteiger partial charge is 0.424 e. The normalized spacial score (nSPS) is 15.3. The molecule has 0 aliphatic carbocycles. The molecule has 7 heteroatoms. The molecule has 0 saturated heterocycles. The highest BCUT2D eigenvalue weighted by Gasteiger charge is 2.22. The number of aromatic nitrogens is 4. The van der Waals surface area contributed by atoms with Gasteiger partial charge in [0.1, 0.15) is 0 Å². The van der Waals surface area contributed by atoms with Gasteiger partial charge in [0.05, 0.1) is 18.6 Å². The van der Waals surface area contributed by atoms with Gasteiger partial charge in [-0.25, -0.2) is 4.98 Å². The first-order valence-electron chi connectivity index (χ1n) is 7.70. The van der Waals surface area contributed by atoms with Crippen LogP contribution in [0.1, 0.15) is 49.7 Å². The molecule has 0 saturated carbocycles. The minimum atomic E-state index is 0.0898. The smallest absolute Gasteiger partial charge is 0.256 e. The summed E-state index contributed by atoms with van der Waals surface area (Å²) in [5.74, 6) is 1.52. The third-order valence-corrected chi connectivity index (χ3v) is 3.95. The highest BCUT2D eigenvalue weighted by Crippen LogP contribution is 2.17.